The Morgan fingerprint density at radius 2 is 1.91 bits per heavy atom. The fourth-order valence-corrected chi connectivity index (χ4v) is 4.12. The molecule has 1 aromatic carbocycles. The first kappa shape index (κ1) is 20.2. The van der Waals surface area contributed by atoms with Gasteiger partial charge in [0.15, 0.2) is 0 Å². The molecule has 1 aliphatic heterocycles. The molecule has 1 saturated heterocycles. The van der Waals surface area contributed by atoms with Crippen LogP contribution in [0.1, 0.15) is 12.5 Å². The van der Waals surface area contributed by atoms with E-state index in [4.69, 9.17) is 9.72 Å². The molecule has 0 radical (unpaired) electrons. The highest BCUT2D eigenvalue weighted by Crippen LogP contribution is 2.32. The van der Waals surface area contributed by atoms with Gasteiger partial charge >= 0.3 is 0 Å². The van der Waals surface area contributed by atoms with Gasteiger partial charge in [0, 0.05) is 61.8 Å². The molecule has 0 unspecified atom stereocenters. The molecule has 1 N–H and O–H groups in total. The molecule has 7 nitrogen and oxygen atoms in total. The quantitative estimate of drug-likeness (QED) is 0.522. The van der Waals surface area contributed by atoms with Gasteiger partial charge in [0.25, 0.3) is 0 Å². The number of nitrogens with one attached hydrogen (secondary N) is 1. The summed E-state index contributed by atoms with van der Waals surface area (Å²) in [6.45, 7) is 5.29. The van der Waals surface area contributed by atoms with E-state index in [9.17, 15) is 4.79 Å². The smallest absolute Gasteiger partial charge is 0.221 e. The van der Waals surface area contributed by atoms with E-state index in [1.165, 1.54) is 12.5 Å². The minimum atomic E-state index is -0.0919. The molecule has 4 aromatic rings. The summed E-state index contributed by atoms with van der Waals surface area (Å²) in [5.41, 5.74) is 4.91. The summed E-state index contributed by atoms with van der Waals surface area (Å²) in [5.74, 6) is 0.880. The van der Waals surface area contributed by atoms with Gasteiger partial charge in [-0.15, -0.1) is 0 Å². The first-order chi connectivity index (χ1) is 15.7. The number of anilines is 2. The molecule has 0 saturated carbocycles. The van der Waals surface area contributed by atoms with Gasteiger partial charge in [0.05, 0.1) is 24.4 Å². The molecule has 4 heterocycles. The SMILES string of the molecule is CC(=O)Nc1cccc(-c2cc3c(ccn3Cc3ccncc3)c(N3CCOCC3)n2)c1. The van der Waals surface area contributed by atoms with Crippen LogP contribution in [0.25, 0.3) is 22.2 Å². The molecule has 1 amide bonds. The fraction of sp³-hybridized carbons (Fsp3) is 0.240. The molecule has 7 heteroatoms. The lowest BCUT2D eigenvalue weighted by atomic mass is 10.1. The van der Waals surface area contributed by atoms with Crippen LogP contribution in [0.2, 0.25) is 0 Å². The minimum absolute atomic E-state index is 0.0919. The molecule has 1 fully saturated rings. The molecular formula is C25H25N5O2. The van der Waals surface area contributed by atoms with Crippen molar-refractivity contribution >= 4 is 28.3 Å². The number of hydrogen-bond donors (Lipinski definition) is 1. The van der Waals surface area contributed by atoms with E-state index in [1.807, 2.05) is 48.8 Å². The third kappa shape index (κ3) is 4.20. The maximum atomic E-state index is 11.5. The summed E-state index contributed by atoms with van der Waals surface area (Å²) >= 11 is 0. The van der Waals surface area contributed by atoms with Crippen molar-refractivity contribution in [2.24, 2.45) is 0 Å². The predicted octanol–water partition coefficient (Wildman–Crippen LogP) is 3.94. The lowest BCUT2D eigenvalue weighted by Gasteiger charge is -2.29. The highest BCUT2D eigenvalue weighted by atomic mass is 16.5. The number of fused-ring (bicyclic) bond motifs is 1. The predicted molar refractivity (Wildman–Crippen MR) is 126 cm³/mol. The number of nitrogens with zero attached hydrogens (tertiary/aromatic N) is 4. The zero-order valence-electron chi connectivity index (χ0n) is 18.0. The van der Waals surface area contributed by atoms with Gasteiger partial charge in [0.2, 0.25) is 5.91 Å². The molecule has 32 heavy (non-hydrogen) atoms. The first-order valence-corrected chi connectivity index (χ1v) is 10.8. The van der Waals surface area contributed by atoms with Crippen LogP contribution < -0.4 is 10.2 Å². The number of morpholine rings is 1. The Hall–Kier alpha value is -3.71. The number of carbonyl (C=O) groups is 1. The second-order valence-corrected chi connectivity index (χ2v) is 7.92. The molecule has 0 aliphatic carbocycles. The normalized spacial score (nSPS) is 14.0. The summed E-state index contributed by atoms with van der Waals surface area (Å²) in [4.78, 5) is 23.0. The van der Waals surface area contributed by atoms with Gasteiger partial charge < -0.3 is 19.5 Å². The summed E-state index contributed by atoms with van der Waals surface area (Å²) in [6.07, 6.45) is 5.76. The highest BCUT2D eigenvalue weighted by molar-refractivity contribution is 5.94. The minimum Gasteiger partial charge on any atom is -0.378 e. The van der Waals surface area contributed by atoms with Gasteiger partial charge in [0.1, 0.15) is 5.82 Å². The number of aromatic nitrogens is 3. The summed E-state index contributed by atoms with van der Waals surface area (Å²) in [6, 6.07) is 16.2. The molecule has 0 bridgehead atoms. The Bertz CT molecular complexity index is 1250. The van der Waals surface area contributed by atoms with E-state index >= 15 is 0 Å². The third-order valence-corrected chi connectivity index (χ3v) is 5.64. The van der Waals surface area contributed by atoms with Crippen molar-refractivity contribution in [1.82, 2.24) is 14.5 Å². The maximum absolute atomic E-state index is 11.5. The second kappa shape index (κ2) is 8.80. The molecule has 1 aliphatic rings. The average molecular weight is 428 g/mol. The lowest BCUT2D eigenvalue weighted by molar-refractivity contribution is -0.114. The lowest BCUT2D eigenvalue weighted by Crippen LogP contribution is -2.36. The van der Waals surface area contributed by atoms with E-state index < -0.39 is 0 Å². The number of amides is 1. The molecule has 0 atom stereocenters. The van der Waals surface area contributed by atoms with Crippen LogP contribution >= 0.6 is 0 Å². The number of ether oxygens (including phenoxy) is 1. The maximum Gasteiger partial charge on any atom is 0.221 e. The number of benzene rings is 1. The largest absolute Gasteiger partial charge is 0.378 e. The number of pyridine rings is 2. The zero-order valence-corrected chi connectivity index (χ0v) is 18.0. The van der Waals surface area contributed by atoms with Crippen molar-refractivity contribution in [2.75, 3.05) is 36.5 Å². The van der Waals surface area contributed by atoms with Crippen molar-refractivity contribution < 1.29 is 9.53 Å². The summed E-state index contributed by atoms with van der Waals surface area (Å²) in [7, 11) is 0. The third-order valence-electron chi connectivity index (χ3n) is 5.64. The van der Waals surface area contributed by atoms with Crippen LogP contribution in [0.5, 0.6) is 0 Å². The van der Waals surface area contributed by atoms with Crippen LogP contribution in [-0.4, -0.2) is 46.7 Å². The number of carbonyl (C=O) groups excluding carboxylic acids is 1. The van der Waals surface area contributed by atoms with E-state index in [0.717, 1.165) is 53.3 Å². The van der Waals surface area contributed by atoms with Gasteiger partial charge in [-0.2, -0.15) is 0 Å². The van der Waals surface area contributed by atoms with Crippen molar-refractivity contribution in [3.05, 3.63) is 72.7 Å². The fourth-order valence-electron chi connectivity index (χ4n) is 4.12. The van der Waals surface area contributed by atoms with E-state index in [0.29, 0.717) is 13.2 Å². The Morgan fingerprint density at radius 3 is 2.69 bits per heavy atom. The van der Waals surface area contributed by atoms with Crippen LogP contribution in [-0.2, 0) is 16.1 Å². The Labute approximate surface area is 186 Å². The van der Waals surface area contributed by atoms with Gasteiger partial charge in [-0.05, 0) is 42.0 Å². The molecule has 162 valence electrons. The standard InChI is InChI=1S/C25H25N5O2/c1-18(31)27-21-4-2-3-20(15-21)23-16-24-22(25(28-23)29-11-13-32-14-12-29)7-10-30(24)17-19-5-8-26-9-6-19/h2-10,15-16H,11-14,17H2,1H3,(H,27,31). The van der Waals surface area contributed by atoms with Crippen molar-refractivity contribution in [1.29, 1.82) is 0 Å². The Kier molecular flexibility index (Phi) is 5.56. The molecule has 5 rings (SSSR count). The van der Waals surface area contributed by atoms with Crippen LogP contribution in [0, 0.1) is 0 Å². The van der Waals surface area contributed by atoms with E-state index in [-0.39, 0.29) is 5.91 Å². The second-order valence-electron chi connectivity index (χ2n) is 7.92. The van der Waals surface area contributed by atoms with Crippen LogP contribution in [0.4, 0.5) is 11.5 Å². The molecule has 3 aromatic heterocycles. The molecule has 0 spiro atoms. The number of hydrogen-bond acceptors (Lipinski definition) is 5. The molecular weight excluding hydrogens is 402 g/mol. The van der Waals surface area contributed by atoms with Crippen molar-refractivity contribution in [2.45, 2.75) is 13.5 Å². The van der Waals surface area contributed by atoms with E-state index in [1.54, 1.807) is 0 Å². The van der Waals surface area contributed by atoms with Crippen LogP contribution in [0.3, 0.4) is 0 Å². The van der Waals surface area contributed by atoms with Crippen molar-refractivity contribution in [3.63, 3.8) is 0 Å². The van der Waals surface area contributed by atoms with Gasteiger partial charge in [-0.1, -0.05) is 12.1 Å². The zero-order chi connectivity index (χ0) is 21.9. The summed E-state index contributed by atoms with van der Waals surface area (Å²) < 4.78 is 7.81. The van der Waals surface area contributed by atoms with Gasteiger partial charge in [-0.3, -0.25) is 9.78 Å². The van der Waals surface area contributed by atoms with Crippen molar-refractivity contribution in [3.8, 4) is 11.3 Å². The Morgan fingerprint density at radius 1 is 1.09 bits per heavy atom. The van der Waals surface area contributed by atoms with Gasteiger partial charge in [-0.25, -0.2) is 4.98 Å². The monoisotopic (exact) mass is 427 g/mol. The van der Waals surface area contributed by atoms with Crippen LogP contribution in [0.15, 0.2) is 67.1 Å². The summed E-state index contributed by atoms with van der Waals surface area (Å²) in [5, 5.41) is 3.99. The first-order valence-electron chi connectivity index (χ1n) is 10.8. The Balaban J connectivity index is 1.62. The topological polar surface area (TPSA) is 72.3 Å². The average Bonchev–Trinajstić information content (AvgIpc) is 3.22. The van der Waals surface area contributed by atoms with E-state index in [2.05, 4.69) is 38.1 Å². The number of rotatable bonds is 5. The highest BCUT2D eigenvalue weighted by Gasteiger charge is 2.19.